The van der Waals surface area contributed by atoms with Gasteiger partial charge in [-0.05, 0) is 25.5 Å². The van der Waals surface area contributed by atoms with Crippen molar-refractivity contribution in [2.45, 2.75) is 27.7 Å². The minimum atomic E-state index is -0.918. The lowest BCUT2D eigenvalue weighted by molar-refractivity contribution is 0.0695. The number of carboxylic acids is 1. The van der Waals surface area contributed by atoms with E-state index in [4.69, 9.17) is 5.11 Å². The van der Waals surface area contributed by atoms with Crippen molar-refractivity contribution in [3.05, 3.63) is 29.1 Å². The summed E-state index contributed by atoms with van der Waals surface area (Å²) in [4.78, 5) is 14.5. The quantitative estimate of drug-likeness (QED) is 0.723. The van der Waals surface area contributed by atoms with Crippen molar-refractivity contribution in [1.29, 1.82) is 0 Å². The van der Waals surface area contributed by atoms with Crippen molar-refractivity contribution in [3.8, 4) is 0 Å². The molecule has 1 aromatic heterocycles. The van der Waals surface area contributed by atoms with Crippen LogP contribution in [0, 0.1) is 13.8 Å². The summed E-state index contributed by atoms with van der Waals surface area (Å²) in [6, 6.07) is 1.62. The Hall–Kier alpha value is -1.38. The topological polar surface area (TPSA) is 50.2 Å². The Morgan fingerprint density at radius 1 is 1.38 bits per heavy atom. The summed E-state index contributed by atoms with van der Waals surface area (Å²) in [5, 5.41) is 8.65. The van der Waals surface area contributed by atoms with Crippen LogP contribution in [0.1, 0.15) is 35.5 Å². The van der Waals surface area contributed by atoms with Crippen LogP contribution >= 0.6 is 0 Å². The van der Waals surface area contributed by atoms with Gasteiger partial charge in [-0.3, -0.25) is 4.98 Å². The van der Waals surface area contributed by atoms with E-state index >= 15 is 0 Å². The molecule has 1 heterocycles. The van der Waals surface area contributed by atoms with Gasteiger partial charge in [0.25, 0.3) is 0 Å². The highest BCUT2D eigenvalue weighted by Crippen LogP contribution is 2.06. The lowest BCUT2D eigenvalue weighted by Gasteiger charge is -1.99. The molecule has 0 radical (unpaired) electrons. The van der Waals surface area contributed by atoms with E-state index in [0.717, 1.165) is 5.56 Å². The van der Waals surface area contributed by atoms with Crippen LogP contribution in [0.5, 0.6) is 0 Å². The van der Waals surface area contributed by atoms with Crippen molar-refractivity contribution >= 4 is 5.97 Å². The third-order valence-electron chi connectivity index (χ3n) is 1.45. The van der Waals surface area contributed by atoms with E-state index < -0.39 is 5.97 Å². The molecular weight excluding hydrogens is 166 g/mol. The fourth-order valence-corrected chi connectivity index (χ4v) is 0.854. The summed E-state index contributed by atoms with van der Waals surface area (Å²) in [6.07, 6.45) is 1.65. The number of carboxylic acid groups (broad SMARTS) is 1. The van der Waals surface area contributed by atoms with Crippen molar-refractivity contribution in [3.63, 3.8) is 0 Å². The van der Waals surface area contributed by atoms with Gasteiger partial charge in [0.1, 0.15) is 0 Å². The fraction of sp³-hybridized carbons (Fsp3) is 0.400. The van der Waals surface area contributed by atoms with Crippen molar-refractivity contribution < 1.29 is 9.90 Å². The van der Waals surface area contributed by atoms with Crippen LogP contribution in [0.25, 0.3) is 0 Å². The van der Waals surface area contributed by atoms with Gasteiger partial charge >= 0.3 is 5.97 Å². The molecule has 0 saturated heterocycles. The monoisotopic (exact) mass is 181 g/mol. The Bertz CT molecular complexity index is 295. The second-order valence-electron chi connectivity index (χ2n) is 2.45. The molecule has 0 aromatic carbocycles. The van der Waals surface area contributed by atoms with E-state index in [2.05, 4.69) is 4.98 Å². The number of aromatic carboxylic acids is 1. The number of hydrogen-bond donors (Lipinski definition) is 1. The van der Waals surface area contributed by atoms with Gasteiger partial charge in [0.15, 0.2) is 0 Å². The summed E-state index contributed by atoms with van der Waals surface area (Å²) >= 11 is 0. The molecule has 0 aliphatic carbocycles. The molecule has 0 atom stereocenters. The summed E-state index contributed by atoms with van der Waals surface area (Å²) < 4.78 is 0. The smallest absolute Gasteiger partial charge is 0.337 e. The maximum absolute atomic E-state index is 10.5. The number of nitrogens with zero attached hydrogens (tertiary/aromatic N) is 1. The molecule has 0 saturated carbocycles. The first kappa shape index (κ1) is 11.6. The molecular formula is C10H15NO2. The standard InChI is InChI=1S/C8H9NO2.C2H6/c1-5-3-7(8(10)11)6(2)9-4-5;1-2/h3-4H,1-2H3,(H,10,11);1-2H3. The Morgan fingerprint density at radius 2 is 1.92 bits per heavy atom. The van der Waals surface area contributed by atoms with Gasteiger partial charge in [0.05, 0.1) is 11.3 Å². The van der Waals surface area contributed by atoms with Crippen LogP contribution in [-0.2, 0) is 0 Å². The van der Waals surface area contributed by atoms with Gasteiger partial charge in [-0.2, -0.15) is 0 Å². The highest BCUT2D eigenvalue weighted by molar-refractivity contribution is 5.88. The van der Waals surface area contributed by atoms with E-state index in [1.807, 2.05) is 20.8 Å². The molecule has 72 valence electrons. The molecule has 1 aromatic rings. The Balaban J connectivity index is 0.000000671. The minimum Gasteiger partial charge on any atom is -0.478 e. The van der Waals surface area contributed by atoms with Gasteiger partial charge in [-0.1, -0.05) is 13.8 Å². The first-order valence-corrected chi connectivity index (χ1v) is 4.28. The molecule has 3 nitrogen and oxygen atoms in total. The molecule has 0 aliphatic rings. The van der Waals surface area contributed by atoms with Crippen LogP contribution in [0.15, 0.2) is 12.3 Å². The number of rotatable bonds is 1. The molecule has 0 aliphatic heterocycles. The average Bonchev–Trinajstić information content (AvgIpc) is 2.12. The highest BCUT2D eigenvalue weighted by atomic mass is 16.4. The first-order valence-electron chi connectivity index (χ1n) is 4.28. The van der Waals surface area contributed by atoms with Gasteiger partial charge in [-0.25, -0.2) is 4.79 Å². The summed E-state index contributed by atoms with van der Waals surface area (Å²) in [7, 11) is 0. The molecule has 0 fully saturated rings. The second kappa shape index (κ2) is 5.30. The lowest BCUT2D eigenvalue weighted by atomic mass is 10.1. The predicted molar refractivity (Wildman–Crippen MR) is 52.0 cm³/mol. The Morgan fingerprint density at radius 3 is 2.31 bits per heavy atom. The molecule has 1 rings (SSSR count). The minimum absolute atomic E-state index is 0.282. The van der Waals surface area contributed by atoms with Crippen LogP contribution in [-0.4, -0.2) is 16.1 Å². The average molecular weight is 181 g/mol. The molecule has 0 amide bonds. The van der Waals surface area contributed by atoms with Crippen molar-refractivity contribution in [2.75, 3.05) is 0 Å². The third kappa shape index (κ3) is 3.23. The van der Waals surface area contributed by atoms with E-state index in [0.29, 0.717) is 5.69 Å². The zero-order valence-electron chi connectivity index (χ0n) is 8.46. The summed E-state index contributed by atoms with van der Waals surface area (Å²) in [5.74, 6) is -0.918. The van der Waals surface area contributed by atoms with Crippen molar-refractivity contribution in [2.24, 2.45) is 0 Å². The van der Waals surface area contributed by atoms with Gasteiger partial charge in [0, 0.05) is 6.20 Å². The zero-order chi connectivity index (χ0) is 10.4. The number of pyridine rings is 1. The number of aryl methyl sites for hydroxylation is 2. The van der Waals surface area contributed by atoms with Gasteiger partial charge in [-0.15, -0.1) is 0 Å². The molecule has 0 unspecified atom stereocenters. The van der Waals surface area contributed by atoms with Crippen LogP contribution in [0.3, 0.4) is 0 Å². The number of aromatic nitrogens is 1. The maximum Gasteiger partial charge on any atom is 0.337 e. The highest BCUT2D eigenvalue weighted by Gasteiger charge is 2.06. The SMILES string of the molecule is CC.Cc1cnc(C)c(C(=O)O)c1. The number of carbonyl (C=O) groups is 1. The van der Waals surface area contributed by atoms with Crippen molar-refractivity contribution in [1.82, 2.24) is 4.98 Å². The van der Waals surface area contributed by atoms with Gasteiger partial charge < -0.3 is 5.11 Å². The lowest BCUT2D eigenvalue weighted by Crippen LogP contribution is -2.01. The zero-order valence-corrected chi connectivity index (χ0v) is 8.46. The Labute approximate surface area is 78.4 Å². The molecule has 0 spiro atoms. The van der Waals surface area contributed by atoms with E-state index in [1.165, 1.54) is 0 Å². The first-order chi connectivity index (χ1) is 6.11. The predicted octanol–water partition coefficient (Wildman–Crippen LogP) is 2.42. The summed E-state index contributed by atoms with van der Waals surface area (Å²) in [5.41, 5.74) is 1.71. The van der Waals surface area contributed by atoms with E-state index in [-0.39, 0.29) is 5.56 Å². The third-order valence-corrected chi connectivity index (χ3v) is 1.45. The molecule has 1 N–H and O–H groups in total. The maximum atomic E-state index is 10.5. The van der Waals surface area contributed by atoms with Crippen LogP contribution < -0.4 is 0 Å². The largest absolute Gasteiger partial charge is 0.478 e. The normalized spacial score (nSPS) is 8.62. The van der Waals surface area contributed by atoms with Gasteiger partial charge in [0.2, 0.25) is 0 Å². The van der Waals surface area contributed by atoms with Crippen LogP contribution in [0.4, 0.5) is 0 Å². The fourth-order valence-electron chi connectivity index (χ4n) is 0.854. The molecule has 3 heteroatoms. The number of hydrogen-bond acceptors (Lipinski definition) is 2. The Kier molecular flexibility index (Phi) is 4.74. The second-order valence-corrected chi connectivity index (χ2v) is 2.45. The molecule has 13 heavy (non-hydrogen) atoms. The van der Waals surface area contributed by atoms with E-state index in [1.54, 1.807) is 19.2 Å². The van der Waals surface area contributed by atoms with Crippen LogP contribution in [0.2, 0.25) is 0 Å². The van der Waals surface area contributed by atoms with E-state index in [9.17, 15) is 4.79 Å². The summed E-state index contributed by atoms with van der Waals surface area (Å²) in [6.45, 7) is 7.50. The molecule has 0 bridgehead atoms.